The number of hydrogen-bond acceptors (Lipinski definition) is 3. The SMILES string of the molecule is CCN1CCCC(c2ncc3cc(O)ccn23)C1. The monoisotopic (exact) mass is 245 g/mol. The Morgan fingerprint density at radius 3 is 3.22 bits per heavy atom. The Bertz CT molecular complexity index is 549. The van der Waals surface area contributed by atoms with E-state index in [4.69, 9.17) is 0 Å². The molecule has 3 heterocycles. The zero-order valence-corrected chi connectivity index (χ0v) is 10.7. The van der Waals surface area contributed by atoms with E-state index in [1.54, 1.807) is 12.1 Å². The number of likely N-dealkylation sites (N-methyl/N-ethyl adjacent to an activating group) is 1. The van der Waals surface area contributed by atoms with Gasteiger partial charge in [0.15, 0.2) is 0 Å². The molecule has 96 valence electrons. The summed E-state index contributed by atoms with van der Waals surface area (Å²) in [6.07, 6.45) is 6.21. The quantitative estimate of drug-likeness (QED) is 0.882. The largest absolute Gasteiger partial charge is 0.508 e. The molecule has 4 heteroatoms. The zero-order chi connectivity index (χ0) is 12.5. The number of pyridine rings is 1. The lowest BCUT2D eigenvalue weighted by atomic mass is 9.97. The predicted octanol–water partition coefficient (Wildman–Crippen LogP) is 2.24. The predicted molar refractivity (Wildman–Crippen MR) is 70.9 cm³/mol. The number of aromatic nitrogens is 2. The van der Waals surface area contributed by atoms with Crippen LogP contribution >= 0.6 is 0 Å². The minimum Gasteiger partial charge on any atom is -0.508 e. The summed E-state index contributed by atoms with van der Waals surface area (Å²) >= 11 is 0. The first-order chi connectivity index (χ1) is 8.78. The van der Waals surface area contributed by atoms with Gasteiger partial charge in [0.05, 0.1) is 11.7 Å². The van der Waals surface area contributed by atoms with Crippen LogP contribution in [0.2, 0.25) is 0 Å². The summed E-state index contributed by atoms with van der Waals surface area (Å²) < 4.78 is 2.10. The van der Waals surface area contributed by atoms with Gasteiger partial charge in [-0.1, -0.05) is 6.92 Å². The van der Waals surface area contributed by atoms with Crippen LogP contribution in [0.3, 0.4) is 0 Å². The van der Waals surface area contributed by atoms with E-state index in [0.717, 1.165) is 24.4 Å². The lowest BCUT2D eigenvalue weighted by molar-refractivity contribution is 0.213. The molecule has 2 aromatic rings. The fourth-order valence-corrected chi connectivity index (χ4v) is 2.86. The minimum atomic E-state index is 0.299. The van der Waals surface area contributed by atoms with Gasteiger partial charge in [-0.05, 0) is 32.0 Å². The molecule has 1 fully saturated rings. The zero-order valence-electron chi connectivity index (χ0n) is 10.7. The lowest BCUT2D eigenvalue weighted by Crippen LogP contribution is -2.34. The fraction of sp³-hybridized carbons (Fsp3) is 0.500. The Morgan fingerprint density at radius 2 is 2.39 bits per heavy atom. The molecule has 0 amide bonds. The van der Waals surface area contributed by atoms with Crippen LogP contribution in [0.5, 0.6) is 5.75 Å². The Kier molecular flexibility index (Phi) is 2.96. The number of hydrogen-bond donors (Lipinski definition) is 1. The summed E-state index contributed by atoms with van der Waals surface area (Å²) in [5.74, 6) is 1.93. The molecule has 3 rings (SSSR count). The van der Waals surface area contributed by atoms with E-state index in [9.17, 15) is 5.11 Å². The van der Waals surface area contributed by atoms with E-state index in [2.05, 4.69) is 21.2 Å². The van der Waals surface area contributed by atoms with Crippen molar-refractivity contribution in [1.82, 2.24) is 14.3 Å². The molecule has 1 aliphatic rings. The Hall–Kier alpha value is -1.55. The second-order valence-corrected chi connectivity index (χ2v) is 5.03. The Morgan fingerprint density at radius 1 is 1.50 bits per heavy atom. The van der Waals surface area contributed by atoms with Gasteiger partial charge >= 0.3 is 0 Å². The highest BCUT2D eigenvalue weighted by molar-refractivity contribution is 5.50. The third-order valence-corrected chi connectivity index (χ3v) is 3.86. The topological polar surface area (TPSA) is 40.8 Å². The standard InChI is InChI=1S/C14H19N3O/c1-2-16-6-3-4-11(10-16)14-15-9-12-8-13(18)5-7-17(12)14/h5,7-9,11,18H,2-4,6,10H2,1H3. The van der Waals surface area contributed by atoms with Crippen molar-refractivity contribution in [2.45, 2.75) is 25.7 Å². The van der Waals surface area contributed by atoms with Gasteiger partial charge < -0.3 is 14.4 Å². The molecular weight excluding hydrogens is 226 g/mol. The molecule has 0 aliphatic carbocycles. The molecule has 18 heavy (non-hydrogen) atoms. The van der Waals surface area contributed by atoms with Gasteiger partial charge in [-0.25, -0.2) is 4.98 Å². The first kappa shape index (κ1) is 11.5. The van der Waals surface area contributed by atoms with Gasteiger partial charge in [-0.3, -0.25) is 0 Å². The fourth-order valence-electron chi connectivity index (χ4n) is 2.86. The molecule has 0 spiro atoms. The molecular formula is C14H19N3O. The summed E-state index contributed by atoms with van der Waals surface area (Å²) in [6, 6.07) is 3.48. The van der Waals surface area contributed by atoms with Crippen molar-refractivity contribution in [2.24, 2.45) is 0 Å². The lowest BCUT2D eigenvalue weighted by Gasteiger charge is -2.31. The summed E-state index contributed by atoms with van der Waals surface area (Å²) in [5, 5.41) is 9.48. The first-order valence-electron chi connectivity index (χ1n) is 6.66. The van der Waals surface area contributed by atoms with Gasteiger partial charge in [0.1, 0.15) is 11.6 Å². The maximum Gasteiger partial charge on any atom is 0.119 e. The summed E-state index contributed by atoms with van der Waals surface area (Å²) in [7, 11) is 0. The number of nitrogens with zero attached hydrogens (tertiary/aromatic N) is 3. The summed E-state index contributed by atoms with van der Waals surface area (Å²) in [6.45, 7) is 5.62. The van der Waals surface area contributed by atoms with E-state index in [1.807, 2.05) is 12.4 Å². The van der Waals surface area contributed by atoms with Crippen molar-refractivity contribution >= 4 is 5.52 Å². The van der Waals surface area contributed by atoms with Crippen LogP contribution in [0.1, 0.15) is 31.5 Å². The van der Waals surface area contributed by atoms with Crippen molar-refractivity contribution < 1.29 is 5.11 Å². The first-order valence-corrected chi connectivity index (χ1v) is 6.66. The second kappa shape index (κ2) is 4.61. The van der Waals surface area contributed by atoms with E-state index >= 15 is 0 Å². The molecule has 1 atom stereocenters. The molecule has 4 nitrogen and oxygen atoms in total. The average Bonchev–Trinajstić information content (AvgIpc) is 2.81. The van der Waals surface area contributed by atoms with Crippen LogP contribution in [-0.2, 0) is 0 Å². The minimum absolute atomic E-state index is 0.299. The number of likely N-dealkylation sites (tertiary alicyclic amines) is 1. The summed E-state index contributed by atoms with van der Waals surface area (Å²) in [5.41, 5.74) is 0.971. The van der Waals surface area contributed by atoms with E-state index in [0.29, 0.717) is 11.7 Å². The van der Waals surface area contributed by atoms with E-state index in [1.165, 1.54) is 19.4 Å². The van der Waals surface area contributed by atoms with Crippen LogP contribution in [0.4, 0.5) is 0 Å². The van der Waals surface area contributed by atoms with Crippen molar-refractivity contribution in [3.05, 3.63) is 30.4 Å². The number of piperidine rings is 1. The number of aromatic hydroxyl groups is 1. The second-order valence-electron chi connectivity index (χ2n) is 5.03. The smallest absolute Gasteiger partial charge is 0.119 e. The molecule has 1 unspecified atom stereocenters. The molecule has 0 aromatic carbocycles. The maximum atomic E-state index is 9.48. The van der Waals surface area contributed by atoms with Crippen LogP contribution in [0, 0.1) is 0 Å². The van der Waals surface area contributed by atoms with Crippen LogP contribution in [-0.4, -0.2) is 39.0 Å². The molecule has 1 N–H and O–H groups in total. The number of imidazole rings is 1. The Labute approximate surface area is 107 Å². The van der Waals surface area contributed by atoms with Gasteiger partial charge in [0.2, 0.25) is 0 Å². The highest BCUT2D eigenvalue weighted by Gasteiger charge is 2.23. The highest BCUT2D eigenvalue weighted by Crippen LogP contribution is 2.27. The highest BCUT2D eigenvalue weighted by atomic mass is 16.3. The van der Waals surface area contributed by atoms with Gasteiger partial charge in [0, 0.05) is 24.7 Å². The van der Waals surface area contributed by atoms with E-state index < -0.39 is 0 Å². The van der Waals surface area contributed by atoms with Crippen molar-refractivity contribution in [2.75, 3.05) is 19.6 Å². The molecule has 1 saturated heterocycles. The number of rotatable bonds is 2. The van der Waals surface area contributed by atoms with Crippen LogP contribution in [0.25, 0.3) is 5.52 Å². The Balaban J connectivity index is 1.94. The van der Waals surface area contributed by atoms with Crippen LogP contribution in [0.15, 0.2) is 24.5 Å². The van der Waals surface area contributed by atoms with Crippen molar-refractivity contribution in [3.8, 4) is 5.75 Å². The number of fused-ring (bicyclic) bond motifs is 1. The van der Waals surface area contributed by atoms with Crippen molar-refractivity contribution in [1.29, 1.82) is 0 Å². The van der Waals surface area contributed by atoms with Crippen LogP contribution < -0.4 is 0 Å². The average molecular weight is 245 g/mol. The molecule has 0 radical (unpaired) electrons. The van der Waals surface area contributed by atoms with Gasteiger partial charge in [-0.15, -0.1) is 0 Å². The third-order valence-electron chi connectivity index (χ3n) is 3.86. The molecule has 0 bridgehead atoms. The molecule has 2 aromatic heterocycles. The van der Waals surface area contributed by atoms with Crippen molar-refractivity contribution in [3.63, 3.8) is 0 Å². The maximum absolute atomic E-state index is 9.48. The molecule has 1 aliphatic heterocycles. The van der Waals surface area contributed by atoms with E-state index in [-0.39, 0.29) is 0 Å². The summed E-state index contributed by atoms with van der Waals surface area (Å²) in [4.78, 5) is 7.04. The van der Waals surface area contributed by atoms with Gasteiger partial charge in [-0.2, -0.15) is 0 Å². The van der Waals surface area contributed by atoms with Gasteiger partial charge in [0.25, 0.3) is 0 Å². The molecule has 0 saturated carbocycles. The third kappa shape index (κ3) is 1.97. The normalized spacial score (nSPS) is 21.5.